The highest BCUT2D eigenvalue weighted by molar-refractivity contribution is 7.89. The highest BCUT2D eigenvalue weighted by Gasteiger charge is 2.32. The zero-order valence-corrected chi connectivity index (χ0v) is 18.6. The molecule has 12 heteroatoms. The van der Waals surface area contributed by atoms with Gasteiger partial charge in [0.15, 0.2) is 11.5 Å². The Kier molecular flexibility index (Phi) is 7.67. The van der Waals surface area contributed by atoms with Crippen molar-refractivity contribution in [2.75, 3.05) is 33.9 Å². The summed E-state index contributed by atoms with van der Waals surface area (Å²) in [6, 6.07) is 4.40. The summed E-state index contributed by atoms with van der Waals surface area (Å²) < 4.78 is 64.1. The fourth-order valence-electron chi connectivity index (χ4n) is 3.64. The van der Waals surface area contributed by atoms with Crippen molar-refractivity contribution < 1.29 is 31.5 Å². The lowest BCUT2D eigenvalue weighted by molar-refractivity contribution is -0.126. The van der Waals surface area contributed by atoms with Crippen molar-refractivity contribution in [3.05, 3.63) is 36.4 Å². The van der Waals surface area contributed by atoms with Crippen molar-refractivity contribution >= 4 is 15.9 Å². The molecule has 1 N–H and O–H groups in total. The van der Waals surface area contributed by atoms with E-state index in [1.54, 1.807) is 0 Å². The molecule has 0 saturated carbocycles. The van der Waals surface area contributed by atoms with Gasteiger partial charge in [0, 0.05) is 50.4 Å². The van der Waals surface area contributed by atoms with E-state index < -0.39 is 16.6 Å². The van der Waals surface area contributed by atoms with Gasteiger partial charge in [-0.2, -0.15) is 13.1 Å². The molecule has 1 aromatic carbocycles. The minimum atomic E-state index is -3.74. The summed E-state index contributed by atoms with van der Waals surface area (Å²) in [5, 5.41) is 2.73. The average molecular weight is 473 g/mol. The molecule has 176 valence electrons. The summed E-state index contributed by atoms with van der Waals surface area (Å²) in [5.41, 5.74) is 0. The lowest BCUT2D eigenvalue weighted by Gasteiger charge is -2.30. The number of amides is 1. The van der Waals surface area contributed by atoms with E-state index in [1.165, 1.54) is 49.1 Å². The number of aromatic nitrogens is 2. The zero-order chi connectivity index (χ0) is 23.3. The Morgan fingerprint density at radius 1 is 1.22 bits per heavy atom. The van der Waals surface area contributed by atoms with Gasteiger partial charge in [-0.3, -0.25) is 9.36 Å². The number of carbonyl (C=O) groups excluding carboxylic acids is 1. The molecule has 2 heterocycles. The van der Waals surface area contributed by atoms with E-state index in [0.29, 0.717) is 24.3 Å². The van der Waals surface area contributed by atoms with E-state index in [4.69, 9.17) is 9.47 Å². The van der Waals surface area contributed by atoms with Crippen LogP contribution in [-0.2, 0) is 21.2 Å². The smallest absolute Gasteiger partial charge is 0.319 e. The molecule has 9 nitrogen and oxygen atoms in total. The van der Waals surface area contributed by atoms with Crippen molar-refractivity contribution in [3.8, 4) is 11.5 Å². The number of ether oxygens (including phenoxy) is 2. The lowest BCUT2D eigenvalue weighted by atomic mass is 9.97. The summed E-state index contributed by atoms with van der Waals surface area (Å²) in [6.45, 7) is -2.11. The largest absolute Gasteiger partial charge is 0.493 e. The second kappa shape index (κ2) is 10.3. The van der Waals surface area contributed by atoms with Crippen molar-refractivity contribution in [3.63, 3.8) is 0 Å². The third kappa shape index (κ3) is 5.18. The molecule has 1 saturated heterocycles. The van der Waals surface area contributed by atoms with Crippen molar-refractivity contribution in [1.82, 2.24) is 19.2 Å². The number of carbonyl (C=O) groups is 1. The van der Waals surface area contributed by atoms with Gasteiger partial charge in [0.25, 0.3) is 0 Å². The molecule has 0 unspecified atom stereocenters. The van der Waals surface area contributed by atoms with Crippen LogP contribution in [-0.4, -0.2) is 62.0 Å². The number of alkyl halides is 2. The molecule has 1 amide bonds. The molecular weight excluding hydrogens is 446 g/mol. The number of hydrogen-bond donors (Lipinski definition) is 1. The highest BCUT2D eigenvalue weighted by Crippen LogP contribution is 2.32. The summed E-state index contributed by atoms with van der Waals surface area (Å²) in [5.74, 6) is 0.370. The molecule has 1 aliphatic rings. The van der Waals surface area contributed by atoms with E-state index in [-0.39, 0.29) is 48.6 Å². The lowest BCUT2D eigenvalue weighted by Crippen LogP contribution is -2.43. The molecule has 0 spiro atoms. The maximum atomic E-state index is 13.0. The van der Waals surface area contributed by atoms with Crippen LogP contribution >= 0.6 is 0 Å². The van der Waals surface area contributed by atoms with Gasteiger partial charge in [0.05, 0.1) is 19.1 Å². The maximum absolute atomic E-state index is 13.0. The van der Waals surface area contributed by atoms with E-state index in [9.17, 15) is 22.0 Å². The zero-order valence-electron chi connectivity index (χ0n) is 17.8. The van der Waals surface area contributed by atoms with Gasteiger partial charge in [-0.1, -0.05) is 0 Å². The summed E-state index contributed by atoms with van der Waals surface area (Å²) in [7, 11) is -0.847. The Bertz CT molecular complexity index is 1040. The van der Waals surface area contributed by atoms with Crippen LogP contribution in [0.5, 0.6) is 11.5 Å². The van der Waals surface area contributed by atoms with Crippen LogP contribution in [0.4, 0.5) is 8.78 Å². The van der Waals surface area contributed by atoms with Gasteiger partial charge < -0.3 is 14.8 Å². The van der Waals surface area contributed by atoms with Crippen molar-refractivity contribution in [2.45, 2.75) is 30.7 Å². The summed E-state index contributed by atoms with van der Waals surface area (Å²) in [4.78, 5) is 16.4. The fraction of sp³-hybridized carbons (Fsp3) is 0.500. The summed E-state index contributed by atoms with van der Waals surface area (Å²) >= 11 is 0. The van der Waals surface area contributed by atoms with Gasteiger partial charge in [-0.15, -0.1) is 0 Å². The SMILES string of the molecule is COc1ccc(S(=O)(=O)N2CCC(C(=O)NCCc3nccn3C(F)F)CC2)cc1OC. The van der Waals surface area contributed by atoms with Gasteiger partial charge in [-0.05, 0) is 25.0 Å². The van der Waals surface area contributed by atoms with Crippen LogP contribution in [0.15, 0.2) is 35.5 Å². The highest BCUT2D eigenvalue weighted by atomic mass is 32.2. The van der Waals surface area contributed by atoms with Crippen molar-refractivity contribution in [1.29, 1.82) is 0 Å². The van der Waals surface area contributed by atoms with E-state index in [2.05, 4.69) is 10.3 Å². The monoisotopic (exact) mass is 472 g/mol. The van der Waals surface area contributed by atoms with Crippen LogP contribution in [0.1, 0.15) is 25.2 Å². The molecule has 0 aliphatic carbocycles. The second-order valence-electron chi connectivity index (χ2n) is 7.26. The van der Waals surface area contributed by atoms with Crippen LogP contribution in [0, 0.1) is 5.92 Å². The fourth-order valence-corrected chi connectivity index (χ4v) is 5.13. The Hall–Kier alpha value is -2.73. The third-order valence-corrected chi connectivity index (χ3v) is 7.32. The summed E-state index contributed by atoms with van der Waals surface area (Å²) in [6.07, 6.45) is 3.39. The molecule has 3 rings (SSSR count). The van der Waals surface area contributed by atoms with Crippen molar-refractivity contribution in [2.24, 2.45) is 5.92 Å². The van der Waals surface area contributed by atoms with Crippen LogP contribution in [0.25, 0.3) is 0 Å². The molecule has 0 bridgehead atoms. The number of imidazole rings is 1. The quantitative estimate of drug-likeness (QED) is 0.599. The van der Waals surface area contributed by atoms with Gasteiger partial charge in [-0.25, -0.2) is 13.4 Å². The normalized spacial score (nSPS) is 15.7. The first-order valence-corrected chi connectivity index (χ1v) is 11.5. The Morgan fingerprint density at radius 3 is 2.53 bits per heavy atom. The Balaban J connectivity index is 1.54. The minimum absolute atomic E-state index is 0.0904. The molecule has 2 aromatic rings. The number of methoxy groups -OCH3 is 2. The number of sulfonamides is 1. The van der Waals surface area contributed by atoms with E-state index in [1.807, 2.05) is 0 Å². The molecular formula is C20H26F2N4O5S. The molecule has 1 fully saturated rings. The Labute approximate surface area is 185 Å². The van der Waals surface area contributed by atoms with Gasteiger partial charge in [0.1, 0.15) is 5.82 Å². The van der Waals surface area contributed by atoms with E-state index in [0.717, 1.165) is 4.57 Å². The number of piperidine rings is 1. The van der Waals surface area contributed by atoms with Gasteiger partial charge >= 0.3 is 6.55 Å². The first-order valence-electron chi connectivity index (χ1n) is 10.1. The van der Waals surface area contributed by atoms with E-state index >= 15 is 0 Å². The molecule has 1 aromatic heterocycles. The first kappa shape index (κ1) is 23.9. The molecule has 1 aliphatic heterocycles. The van der Waals surface area contributed by atoms with Gasteiger partial charge in [0.2, 0.25) is 15.9 Å². The standard InChI is InChI=1S/C20H26F2N4O5S/c1-30-16-4-3-15(13-17(16)31-2)32(28,29)25-10-6-14(7-11-25)19(27)24-8-5-18-23-9-12-26(18)20(21)22/h3-4,9,12-14,20H,5-8,10-11H2,1-2H3,(H,24,27). The number of hydrogen-bond acceptors (Lipinski definition) is 6. The molecule has 0 atom stereocenters. The second-order valence-corrected chi connectivity index (χ2v) is 9.20. The number of rotatable bonds is 9. The maximum Gasteiger partial charge on any atom is 0.319 e. The predicted molar refractivity (Wildman–Crippen MR) is 111 cm³/mol. The first-order chi connectivity index (χ1) is 15.3. The number of nitrogens with zero attached hydrogens (tertiary/aromatic N) is 3. The number of halogens is 2. The minimum Gasteiger partial charge on any atom is -0.493 e. The van der Waals surface area contributed by atoms with Crippen LogP contribution < -0.4 is 14.8 Å². The molecule has 0 radical (unpaired) electrons. The topological polar surface area (TPSA) is 103 Å². The average Bonchev–Trinajstić information content (AvgIpc) is 3.27. The number of benzene rings is 1. The number of nitrogens with one attached hydrogen (secondary N) is 1. The predicted octanol–water partition coefficient (Wildman–Crippen LogP) is 2.05. The molecule has 32 heavy (non-hydrogen) atoms. The Morgan fingerprint density at radius 2 is 1.91 bits per heavy atom. The van der Waals surface area contributed by atoms with Crippen LogP contribution in [0.2, 0.25) is 0 Å². The van der Waals surface area contributed by atoms with Crippen LogP contribution in [0.3, 0.4) is 0 Å². The third-order valence-electron chi connectivity index (χ3n) is 5.42.